The molecule has 4 atom stereocenters. The van der Waals surface area contributed by atoms with Gasteiger partial charge in [-0.15, -0.1) is 22.7 Å². The minimum atomic E-state index is -1.07. The van der Waals surface area contributed by atoms with Crippen LogP contribution in [0.1, 0.15) is 145 Å². The molecule has 460 valence electrons. The number of para-hydroxylation sites is 1. The minimum absolute atomic E-state index is 0.0241. The van der Waals surface area contributed by atoms with Crippen molar-refractivity contribution in [1.29, 1.82) is 0 Å². The Bertz CT molecular complexity index is 3700. The van der Waals surface area contributed by atoms with Crippen LogP contribution in [-0.2, 0) is 33.8 Å². The van der Waals surface area contributed by atoms with Crippen molar-refractivity contribution in [2.24, 2.45) is 16.7 Å². The first-order chi connectivity index (χ1) is 42.3. The van der Waals surface area contributed by atoms with Crippen molar-refractivity contribution in [2.45, 2.75) is 136 Å². The molecule has 4 amide bonds. The molecular weight excluding hydrogens is 1170 g/mol. The van der Waals surface area contributed by atoms with Crippen LogP contribution in [0.15, 0.2) is 96.5 Å². The first-order valence-corrected chi connectivity index (χ1v) is 33.1. The van der Waals surface area contributed by atoms with E-state index in [1.807, 2.05) is 131 Å². The van der Waals surface area contributed by atoms with Gasteiger partial charge in [0.1, 0.15) is 17.8 Å². The Labute approximate surface area is 526 Å². The number of aromatic carboxylic acids is 1. The second kappa shape index (κ2) is 27.1. The van der Waals surface area contributed by atoms with E-state index in [1.54, 1.807) is 11.3 Å². The van der Waals surface area contributed by atoms with Gasteiger partial charge in [-0.25, -0.2) is 19.7 Å². The molecule has 20 heteroatoms. The van der Waals surface area contributed by atoms with Crippen molar-refractivity contribution in [3.8, 4) is 28.0 Å². The summed E-state index contributed by atoms with van der Waals surface area (Å²) in [5.41, 5.74) is 8.75. The third-order valence-corrected chi connectivity index (χ3v) is 21.1. The van der Waals surface area contributed by atoms with Gasteiger partial charge in [-0.3, -0.25) is 29.4 Å². The number of piperidine rings is 1. The molecule has 4 aromatic carbocycles. The number of aromatic nitrogens is 3. The smallest absolute Gasteiger partial charge is 0.355 e. The summed E-state index contributed by atoms with van der Waals surface area (Å²) in [6, 6.07) is 27.2. The molecule has 2 saturated heterocycles. The fourth-order valence-corrected chi connectivity index (χ4v) is 15.6. The summed E-state index contributed by atoms with van der Waals surface area (Å²) in [4.78, 5) is 89.3. The maximum atomic E-state index is 14.4. The van der Waals surface area contributed by atoms with E-state index in [0.29, 0.717) is 78.4 Å². The molecule has 17 nitrogen and oxygen atoms in total. The summed E-state index contributed by atoms with van der Waals surface area (Å²) < 4.78 is 7.09. The highest BCUT2D eigenvalue weighted by Crippen LogP contribution is 2.47. The fraction of sp³-hybridized carbons (Fsp3) is 0.441. The number of rotatable bonds is 18. The number of carboxylic acid groups (broad SMARTS) is 1. The lowest BCUT2D eigenvalue weighted by atomic mass is 9.65. The van der Waals surface area contributed by atoms with Gasteiger partial charge in [0, 0.05) is 48.5 Å². The maximum absolute atomic E-state index is 14.4. The van der Waals surface area contributed by atoms with E-state index in [9.17, 15) is 34.2 Å². The summed E-state index contributed by atoms with van der Waals surface area (Å²) in [7, 11) is 0. The zero-order valence-corrected chi connectivity index (χ0v) is 53.1. The van der Waals surface area contributed by atoms with Crippen LogP contribution in [0, 0.1) is 35.5 Å². The van der Waals surface area contributed by atoms with Crippen LogP contribution in [0.25, 0.3) is 20.7 Å². The molecule has 4 aliphatic rings. The molecule has 5 N–H and O–H groups in total. The summed E-state index contributed by atoms with van der Waals surface area (Å²) in [5, 5.41) is 31.3. The first kappa shape index (κ1) is 62.1. The number of carboxylic acids is 1. The normalized spacial score (nSPS) is 18.5. The molecule has 7 aromatic rings. The molecule has 1 spiro atoms. The number of β-amino-alcohol motifs (C(OH)–C–C–N with tert-alkyl or cyclic N) is 1. The molecule has 0 radical (unpaired) electrons. The molecule has 11 rings (SSSR count). The number of likely N-dealkylation sites (tertiary alicyclic amines) is 2. The molecule has 1 aliphatic carbocycles. The molecule has 1 saturated carbocycles. The summed E-state index contributed by atoms with van der Waals surface area (Å²) in [6.45, 7) is 13.8. The van der Waals surface area contributed by atoms with Gasteiger partial charge in [-0.2, -0.15) is 0 Å². The average molecular weight is 1240 g/mol. The molecule has 6 heterocycles. The molecule has 0 bridgehead atoms. The topological polar surface area (TPSA) is 220 Å². The van der Waals surface area contributed by atoms with Crippen LogP contribution in [0.5, 0.6) is 5.75 Å². The number of nitrogens with zero attached hydrogens (tertiary/aromatic N) is 6. The highest BCUT2D eigenvalue weighted by Gasteiger charge is 2.45. The van der Waals surface area contributed by atoms with E-state index in [-0.39, 0.29) is 59.7 Å². The van der Waals surface area contributed by atoms with Crippen LogP contribution in [0.4, 0.5) is 10.3 Å². The Morgan fingerprint density at radius 3 is 2.36 bits per heavy atom. The number of thiazole rings is 3. The number of fused-ring (bicyclic) bond motifs is 2. The van der Waals surface area contributed by atoms with E-state index in [2.05, 4.69) is 52.5 Å². The minimum Gasteiger partial charge on any atom is -0.494 e. The van der Waals surface area contributed by atoms with E-state index in [4.69, 9.17) is 4.74 Å². The molecule has 3 fully saturated rings. The molecule has 88 heavy (non-hydrogen) atoms. The number of anilines is 2. The van der Waals surface area contributed by atoms with Crippen LogP contribution in [0.2, 0.25) is 0 Å². The average Bonchev–Trinajstić information content (AvgIpc) is 2.02. The van der Waals surface area contributed by atoms with Gasteiger partial charge in [-0.1, -0.05) is 92.5 Å². The highest BCUT2D eigenvalue weighted by atomic mass is 32.1. The number of hydrogen-bond acceptors (Lipinski definition) is 15. The van der Waals surface area contributed by atoms with E-state index in [1.165, 1.54) is 27.6 Å². The lowest BCUT2D eigenvalue weighted by molar-refractivity contribution is -0.144. The van der Waals surface area contributed by atoms with Gasteiger partial charge in [0.25, 0.3) is 5.91 Å². The van der Waals surface area contributed by atoms with Crippen LogP contribution in [-0.4, -0.2) is 122 Å². The Balaban J connectivity index is 0.593. The van der Waals surface area contributed by atoms with Gasteiger partial charge >= 0.3 is 5.97 Å². The number of aliphatic hydroxyl groups excluding tert-OH is 1. The first-order valence-electron chi connectivity index (χ1n) is 30.6. The molecular formula is C68H77N9O8S3. The van der Waals surface area contributed by atoms with Crippen molar-refractivity contribution in [1.82, 2.24) is 35.4 Å². The second-order valence-corrected chi connectivity index (χ2v) is 28.2. The zero-order chi connectivity index (χ0) is 61.7. The SMILES string of the molecule is Cc1ncsc1-c1ccc([C@H](C)NC(=O)[C@@H]2C[C@@H](O)CN2C(=O)[C@@H](NC(=O)CC2CCC3(CC2)CCN(CC#Cc2ccc(OCCCc4sc(N5CCc6cccc(C(=O)Nc7nc8ccccc8s7)c6C5)nc4C(=O)O)cc2)CC3)C(C)(C)C)cc1. The van der Waals surface area contributed by atoms with Crippen LogP contribution >= 0.6 is 34.0 Å². The standard InChI is InChI=1S/C68H77N9O8S3/c1-42(46-19-21-48(22-20-46)59-43(2)69-41-86-59)70-62(81)54-38-49(78)39-77(54)63(82)60(67(3,4)5)72-57(79)37-45-25-28-68(29-26-45)30-34-75(35-31-68)32-9-11-44-17-23-50(24-18-44)85-36-10-16-56-58(64(83)84)73-66(88-56)76-33-27-47-12-8-13-51(52(47)40-76)61(80)74-65-71-53-14-6-7-15-55(53)87-65/h6-8,12-15,17-24,41-42,45,49,54,60,78H,10,16,25-40H2,1-5H3,(H,70,81)(H,72,79)(H,83,84)(H,71,74,80)/t42-,49+,54-,60+/m0/s1. The van der Waals surface area contributed by atoms with E-state index in [0.717, 1.165) is 100 Å². The van der Waals surface area contributed by atoms with Crippen molar-refractivity contribution in [3.05, 3.63) is 141 Å². The molecule has 3 aliphatic heterocycles. The molecule has 3 aromatic heterocycles. The number of ether oxygens (including phenoxy) is 1. The van der Waals surface area contributed by atoms with Crippen molar-refractivity contribution in [3.63, 3.8) is 0 Å². The Morgan fingerprint density at radius 2 is 1.65 bits per heavy atom. The lowest BCUT2D eigenvalue weighted by Crippen LogP contribution is -2.58. The second-order valence-electron chi connectivity index (χ2n) is 25.2. The number of carbonyl (C=O) groups excluding carboxylic acids is 4. The Kier molecular flexibility index (Phi) is 19.1. The van der Waals surface area contributed by atoms with Crippen molar-refractivity contribution in [2.75, 3.05) is 49.5 Å². The number of aliphatic hydroxyl groups is 1. The largest absolute Gasteiger partial charge is 0.494 e. The van der Waals surface area contributed by atoms with E-state index >= 15 is 0 Å². The monoisotopic (exact) mass is 1240 g/mol. The number of benzene rings is 4. The number of hydrogen-bond donors (Lipinski definition) is 5. The molecule has 0 unspecified atom stereocenters. The number of amides is 4. The lowest BCUT2D eigenvalue weighted by Gasteiger charge is -2.45. The van der Waals surface area contributed by atoms with Crippen molar-refractivity contribution >= 4 is 84.1 Å². The van der Waals surface area contributed by atoms with Gasteiger partial charge in [-0.05, 0) is 166 Å². The van der Waals surface area contributed by atoms with Gasteiger partial charge in [0.05, 0.1) is 51.6 Å². The Hall–Kier alpha value is -7.54. The van der Waals surface area contributed by atoms with Gasteiger partial charge in [0.2, 0.25) is 17.7 Å². The third-order valence-electron chi connectivity index (χ3n) is 18.0. The fourth-order valence-electron chi connectivity index (χ4n) is 12.8. The highest BCUT2D eigenvalue weighted by molar-refractivity contribution is 7.22. The predicted molar refractivity (Wildman–Crippen MR) is 346 cm³/mol. The summed E-state index contributed by atoms with van der Waals surface area (Å²) >= 11 is 4.40. The van der Waals surface area contributed by atoms with Gasteiger partial charge in [0.15, 0.2) is 16.0 Å². The zero-order valence-electron chi connectivity index (χ0n) is 50.6. The summed E-state index contributed by atoms with van der Waals surface area (Å²) in [5.74, 6) is 5.51. The predicted octanol–water partition coefficient (Wildman–Crippen LogP) is 11.1. The quantitative estimate of drug-likeness (QED) is 0.0399. The van der Waals surface area contributed by atoms with Crippen LogP contribution < -0.4 is 25.6 Å². The van der Waals surface area contributed by atoms with Crippen molar-refractivity contribution < 1.29 is 38.9 Å². The summed E-state index contributed by atoms with van der Waals surface area (Å²) in [6.07, 6.45) is 7.66. The number of aryl methyl sites for hydroxylation is 2. The Morgan fingerprint density at radius 1 is 0.886 bits per heavy atom. The third kappa shape index (κ3) is 14.6. The number of nitrogens with one attached hydrogen (secondary N) is 3. The van der Waals surface area contributed by atoms with E-state index < -0.39 is 29.6 Å². The van der Waals surface area contributed by atoms with Gasteiger partial charge < -0.3 is 35.4 Å². The maximum Gasteiger partial charge on any atom is 0.355 e. The number of carbonyl (C=O) groups is 5. The van der Waals surface area contributed by atoms with Crippen LogP contribution in [0.3, 0.4) is 0 Å².